The van der Waals surface area contributed by atoms with Crippen molar-refractivity contribution in [3.8, 4) is 5.88 Å². The molecule has 60 valence electrons. The first kappa shape index (κ1) is 7.78. The molecule has 1 aromatic rings. The number of nitrogens with zero attached hydrogens (tertiary/aromatic N) is 1. The summed E-state index contributed by atoms with van der Waals surface area (Å²) < 4.78 is 4.62. The average molecular weight is 154 g/mol. The van der Waals surface area contributed by atoms with E-state index in [4.69, 9.17) is 0 Å². The summed E-state index contributed by atoms with van der Waals surface area (Å²) in [5.41, 5.74) is 0.845. The van der Waals surface area contributed by atoms with Crippen molar-refractivity contribution < 1.29 is 9.53 Å². The lowest BCUT2D eigenvalue weighted by atomic mass is 10.1. The summed E-state index contributed by atoms with van der Waals surface area (Å²) in [6, 6.07) is 0. The lowest BCUT2D eigenvalue weighted by Gasteiger charge is -2.01. The van der Waals surface area contributed by atoms with E-state index in [1.165, 1.54) is 6.33 Å². The van der Waals surface area contributed by atoms with E-state index in [1.807, 2.05) is 13.8 Å². The third kappa shape index (κ3) is 1.58. The van der Waals surface area contributed by atoms with Crippen LogP contribution in [0.15, 0.2) is 6.33 Å². The first-order chi connectivity index (χ1) is 5.25. The van der Waals surface area contributed by atoms with Gasteiger partial charge in [0, 0.05) is 0 Å². The maximum Gasteiger partial charge on any atom is 0.299 e. The molecule has 0 fully saturated rings. The molecule has 0 saturated heterocycles. The summed E-state index contributed by atoms with van der Waals surface area (Å²) in [5, 5.41) is 0. The molecular weight excluding hydrogens is 144 g/mol. The van der Waals surface area contributed by atoms with Crippen molar-refractivity contribution in [2.75, 3.05) is 0 Å². The number of ether oxygens (including phenoxy) is 1. The molecule has 0 atom stereocenters. The quantitative estimate of drug-likeness (QED) is 0.662. The van der Waals surface area contributed by atoms with Crippen molar-refractivity contribution in [2.45, 2.75) is 19.8 Å². The number of aromatic amines is 1. The van der Waals surface area contributed by atoms with E-state index in [1.54, 1.807) is 0 Å². The first-order valence-corrected chi connectivity index (χ1v) is 3.39. The summed E-state index contributed by atoms with van der Waals surface area (Å²) in [6.07, 6.45) is 1.51. The van der Waals surface area contributed by atoms with Crippen molar-refractivity contribution in [3.63, 3.8) is 0 Å². The van der Waals surface area contributed by atoms with E-state index in [0.29, 0.717) is 12.4 Å². The molecule has 0 aliphatic heterocycles. The Labute approximate surface area is 64.6 Å². The Morgan fingerprint density at radius 2 is 2.45 bits per heavy atom. The molecule has 11 heavy (non-hydrogen) atoms. The molecule has 0 saturated carbocycles. The highest BCUT2D eigenvalue weighted by Crippen LogP contribution is 2.20. The fourth-order valence-electron chi connectivity index (χ4n) is 0.845. The van der Waals surface area contributed by atoms with Crippen molar-refractivity contribution in [1.82, 2.24) is 9.97 Å². The number of carbonyl (C=O) groups is 1. The summed E-state index contributed by atoms with van der Waals surface area (Å²) in [6.45, 7) is 4.36. The van der Waals surface area contributed by atoms with Gasteiger partial charge < -0.3 is 9.72 Å². The first-order valence-electron chi connectivity index (χ1n) is 3.39. The monoisotopic (exact) mass is 154 g/mol. The topological polar surface area (TPSA) is 55.0 Å². The second-order valence-corrected chi connectivity index (χ2v) is 2.49. The van der Waals surface area contributed by atoms with Crippen LogP contribution in [0.25, 0.3) is 0 Å². The van der Waals surface area contributed by atoms with E-state index < -0.39 is 0 Å². The summed E-state index contributed by atoms with van der Waals surface area (Å²) in [4.78, 5) is 16.7. The molecule has 4 heteroatoms. The molecule has 0 aliphatic carbocycles. The molecule has 0 aliphatic rings. The molecule has 0 aromatic carbocycles. The van der Waals surface area contributed by atoms with E-state index in [9.17, 15) is 4.79 Å². The van der Waals surface area contributed by atoms with Crippen LogP contribution in [0, 0.1) is 0 Å². The zero-order valence-electron chi connectivity index (χ0n) is 6.50. The lowest BCUT2D eigenvalue weighted by Crippen LogP contribution is -1.95. The Bertz CT molecular complexity index is 242. The van der Waals surface area contributed by atoms with E-state index in [0.717, 1.165) is 5.69 Å². The summed E-state index contributed by atoms with van der Waals surface area (Å²) in [5.74, 6) is 0.655. The second-order valence-electron chi connectivity index (χ2n) is 2.49. The number of H-pyrrole nitrogens is 1. The Morgan fingerprint density at radius 1 is 1.73 bits per heavy atom. The van der Waals surface area contributed by atoms with Crippen LogP contribution in [0.5, 0.6) is 5.88 Å². The van der Waals surface area contributed by atoms with Crippen molar-refractivity contribution in [1.29, 1.82) is 0 Å². The maximum atomic E-state index is 9.97. The molecule has 1 rings (SSSR count). The van der Waals surface area contributed by atoms with Gasteiger partial charge in [-0.05, 0) is 5.92 Å². The van der Waals surface area contributed by atoms with Crippen LogP contribution in [0.4, 0.5) is 0 Å². The van der Waals surface area contributed by atoms with Gasteiger partial charge in [-0.1, -0.05) is 13.8 Å². The predicted molar refractivity (Wildman–Crippen MR) is 39.4 cm³/mol. The standard InChI is InChI=1S/C7H10N2O2/c1-5(2)6-7(11-4-10)9-3-8-6/h3-5H,1-2H3,(H,8,9). The van der Waals surface area contributed by atoms with Crippen LogP contribution in [-0.4, -0.2) is 16.4 Å². The van der Waals surface area contributed by atoms with Gasteiger partial charge >= 0.3 is 0 Å². The average Bonchev–Trinajstić information content (AvgIpc) is 2.36. The molecule has 1 heterocycles. The van der Waals surface area contributed by atoms with Crippen molar-refractivity contribution in [2.24, 2.45) is 0 Å². The summed E-state index contributed by atoms with van der Waals surface area (Å²) in [7, 11) is 0. The van der Waals surface area contributed by atoms with Crippen LogP contribution in [-0.2, 0) is 4.79 Å². The predicted octanol–water partition coefficient (Wildman–Crippen LogP) is 1.07. The molecule has 1 aromatic heterocycles. The number of hydrogen-bond donors (Lipinski definition) is 1. The highest BCUT2D eigenvalue weighted by molar-refractivity contribution is 5.44. The number of rotatable bonds is 3. The molecule has 4 nitrogen and oxygen atoms in total. The minimum Gasteiger partial charge on any atom is -0.408 e. The van der Waals surface area contributed by atoms with Gasteiger partial charge in [-0.25, -0.2) is 4.98 Å². The van der Waals surface area contributed by atoms with Gasteiger partial charge in [0.25, 0.3) is 6.47 Å². The van der Waals surface area contributed by atoms with Crippen molar-refractivity contribution in [3.05, 3.63) is 12.0 Å². The zero-order valence-corrected chi connectivity index (χ0v) is 6.50. The minimum atomic E-state index is 0.285. The Balaban J connectivity index is 2.86. The fourth-order valence-corrected chi connectivity index (χ4v) is 0.845. The number of imidazole rings is 1. The maximum absolute atomic E-state index is 9.97. The smallest absolute Gasteiger partial charge is 0.299 e. The zero-order chi connectivity index (χ0) is 8.27. The summed E-state index contributed by atoms with van der Waals surface area (Å²) >= 11 is 0. The van der Waals surface area contributed by atoms with Gasteiger partial charge in [0.15, 0.2) is 0 Å². The molecular formula is C7H10N2O2. The molecule has 1 N–H and O–H groups in total. The van der Waals surface area contributed by atoms with Gasteiger partial charge in [-0.3, -0.25) is 4.79 Å². The molecule has 0 unspecified atom stereocenters. The normalized spacial score (nSPS) is 10.1. The Kier molecular flexibility index (Phi) is 2.25. The van der Waals surface area contributed by atoms with Gasteiger partial charge in [0.05, 0.1) is 12.0 Å². The Hall–Kier alpha value is -1.32. The van der Waals surface area contributed by atoms with Gasteiger partial charge in [0.2, 0.25) is 5.88 Å². The van der Waals surface area contributed by atoms with E-state index in [2.05, 4.69) is 14.7 Å². The largest absolute Gasteiger partial charge is 0.408 e. The van der Waals surface area contributed by atoms with Crippen LogP contribution >= 0.6 is 0 Å². The lowest BCUT2D eigenvalue weighted by molar-refractivity contribution is -0.121. The second kappa shape index (κ2) is 3.18. The highest BCUT2D eigenvalue weighted by Gasteiger charge is 2.09. The third-order valence-electron chi connectivity index (χ3n) is 1.37. The minimum absolute atomic E-state index is 0.285. The number of aromatic nitrogens is 2. The van der Waals surface area contributed by atoms with Crippen LogP contribution in [0.3, 0.4) is 0 Å². The number of carbonyl (C=O) groups excluding carboxylic acids is 1. The molecule has 0 spiro atoms. The Morgan fingerprint density at radius 3 is 3.00 bits per heavy atom. The third-order valence-corrected chi connectivity index (χ3v) is 1.37. The van der Waals surface area contributed by atoms with Crippen LogP contribution < -0.4 is 4.74 Å². The van der Waals surface area contributed by atoms with Crippen molar-refractivity contribution >= 4 is 6.47 Å². The highest BCUT2D eigenvalue weighted by atomic mass is 16.5. The molecule has 0 amide bonds. The van der Waals surface area contributed by atoms with Gasteiger partial charge in [-0.2, -0.15) is 0 Å². The van der Waals surface area contributed by atoms with Crippen LogP contribution in [0.1, 0.15) is 25.5 Å². The number of hydrogen-bond acceptors (Lipinski definition) is 3. The number of nitrogens with one attached hydrogen (secondary N) is 1. The van der Waals surface area contributed by atoms with Crippen LogP contribution in [0.2, 0.25) is 0 Å². The fraction of sp³-hybridized carbons (Fsp3) is 0.429. The van der Waals surface area contributed by atoms with E-state index in [-0.39, 0.29) is 5.92 Å². The van der Waals surface area contributed by atoms with Gasteiger partial charge in [-0.15, -0.1) is 0 Å². The van der Waals surface area contributed by atoms with Gasteiger partial charge in [0.1, 0.15) is 0 Å². The molecule has 0 bridgehead atoms. The van der Waals surface area contributed by atoms with E-state index >= 15 is 0 Å². The SMILES string of the molecule is CC(C)c1[nH]cnc1OC=O. The molecule has 0 radical (unpaired) electrons.